The molecule has 0 aromatic heterocycles. The molecule has 1 aromatic carbocycles. The van der Waals surface area contributed by atoms with Crippen molar-refractivity contribution in [3.63, 3.8) is 0 Å². The summed E-state index contributed by atoms with van der Waals surface area (Å²) < 4.78 is 5.67. The third-order valence-electron chi connectivity index (χ3n) is 3.94. The van der Waals surface area contributed by atoms with Gasteiger partial charge in [-0.2, -0.15) is 0 Å². The SMILES string of the molecule is CCCOc1cccc(CNCC2(CCC)CC2)c1. The molecule has 2 rings (SSSR count). The summed E-state index contributed by atoms with van der Waals surface area (Å²) >= 11 is 0. The van der Waals surface area contributed by atoms with Crippen molar-refractivity contribution in [2.24, 2.45) is 5.41 Å². The number of rotatable bonds is 9. The van der Waals surface area contributed by atoms with Gasteiger partial charge >= 0.3 is 0 Å². The highest BCUT2D eigenvalue weighted by molar-refractivity contribution is 5.28. The lowest BCUT2D eigenvalue weighted by molar-refractivity contribution is 0.317. The number of hydrogen-bond acceptors (Lipinski definition) is 2. The molecule has 0 atom stereocenters. The molecule has 1 saturated carbocycles. The third-order valence-corrected chi connectivity index (χ3v) is 3.94. The zero-order valence-corrected chi connectivity index (χ0v) is 12.4. The molecule has 0 heterocycles. The van der Waals surface area contributed by atoms with E-state index < -0.39 is 0 Å². The minimum absolute atomic E-state index is 0.630. The predicted octanol–water partition coefficient (Wildman–Crippen LogP) is 4.15. The van der Waals surface area contributed by atoms with E-state index in [0.29, 0.717) is 5.41 Å². The molecule has 2 heteroatoms. The van der Waals surface area contributed by atoms with Crippen LogP contribution in [0.3, 0.4) is 0 Å². The first-order chi connectivity index (χ1) is 9.28. The van der Waals surface area contributed by atoms with Gasteiger partial charge in [0.15, 0.2) is 0 Å². The van der Waals surface area contributed by atoms with Gasteiger partial charge in [0.05, 0.1) is 6.61 Å². The van der Waals surface area contributed by atoms with Crippen molar-refractivity contribution in [2.75, 3.05) is 13.2 Å². The molecule has 2 nitrogen and oxygen atoms in total. The van der Waals surface area contributed by atoms with E-state index in [1.54, 1.807) is 0 Å². The van der Waals surface area contributed by atoms with Gasteiger partial charge in [-0.3, -0.25) is 0 Å². The Morgan fingerprint density at radius 3 is 2.74 bits per heavy atom. The van der Waals surface area contributed by atoms with Crippen LogP contribution in [0.4, 0.5) is 0 Å². The Kier molecular flexibility index (Phi) is 5.26. The Hall–Kier alpha value is -1.02. The Bertz CT molecular complexity index is 385. The molecule has 0 aliphatic heterocycles. The van der Waals surface area contributed by atoms with E-state index in [1.165, 1.54) is 37.8 Å². The van der Waals surface area contributed by atoms with Crippen LogP contribution in [0.15, 0.2) is 24.3 Å². The zero-order chi connectivity index (χ0) is 13.6. The number of ether oxygens (including phenoxy) is 1. The van der Waals surface area contributed by atoms with Gasteiger partial charge in [0.1, 0.15) is 5.75 Å². The normalized spacial score (nSPS) is 16.3. The molecule has 19 heavy (non-hydrogen) atoms. The van der Waals surface area contributed by atoms with Gasteiger partial charge in [0.2, 0.25) is 0 Å². The summed E-state index contributed by atoms with van der Waals surface area (Å²) in [4.78, 5) is 0. The fraction of sp³-hybridized carbons (Fsp3) is 0.647. The Labute approximate surface area is 117 Å². The first kappa shape index (κ1) is 14.4. The molecule has 0 amide bonds. The van der Waals surface area contributed by atoms with Crippen molar-refractivity contribution in [2.45, 2.75) is 52.5 Å². The average Bonchev–Trinajstić information content (AvgIpc) is 3.17. The number of nitrogens with one attached hydrogen (secondary N) is 1. The van der Waals surface area contributed by atoms with Gasteiger partial charge in [-0.1, -0.05) is 32.4 Å². The van der Waals surface area contributed by atoms with Crippen molar-refractivity contribution >= 4 is 0 Å². The van der Waals surface area contributed by atoms with Crippen LogP contribution >= 0.6 is 0 Å². The maximum Gasteiger partial charge on any atom is 0.119 e. The van der Waals surface area contributed by atoms with E-state index in [4.69, 9.17) is 4.74 Å². The molecular formula is C17H27NO. The van der Waals surface area contributed by atoms with E-state index in [9.17, 15) is 0 Å². The van der Waals surface area contributed by atoms with Gasteiger partial charge in [-0.15, -0.1) is 0 Å². The third kappa shape index (κ3) is 4.54. The van der Waals surface area contributed by atoms with Crippen LogP contribution in [-0.2, 0) is 6.54 Å². The molecule has 0 saturated heterocycles. The lowest BCUT2D eigenvalue weighted by Gasteiger charge is -2.15. The highest BCUT2D eigenvalue weighted by Crippen LogP contribution is 2.48. The molecular weight excluding hydrogens is 234 g/mol. The Balaban J connectivity index is 1.76. The summed E-state index contributed by atoms with van der Waals surface area (Å²) in [6.07, 6.45) is 6.56. The highest BCUT2D eigenvalue weighted by Gasteiger charge is 2.40. The van der Waals surface area contributed by atoms with Crippen LogP contribution in [0.2, 0.25) is 0 Å². The predicted molar refractivity (Wildman–Crippen MR) is 80.5 cm³/mol. The van der Waals surface area contributed by atoms with E-state index in [2.05, 4.69) is 37.4 Å². The molecule has 0 spiro atoms. The molecule has 0 radical (unpaired) electrons. The zero-order valence-electron chi connectivity index (χ0n) is 12.4. The second kappa shape index (κ2) is 6.95. The maximum absolute atomic E-state index is 5.67. The van der Waals surface area contributed by atoms with Gasteiger partial charge < -0.3 is 10.1 Å². The molecule has 0 bridgehead atoms. The lowest BCUT2D eigenvalue weighted by Crippen LogP contribution is -2.23. The van der Waals surface area contributed by atoms with Crippen molar-refractivity contribution in [3.05, 3.63) is 29.8 Å². The van der Waals surface area contributed by atoms with Crippen LogP contribution < -0.4 is 10.1 Å². The standard InChI is InChI=1S/C17H27NO/c1-3-8-17(9-10-17)14-18-13-15-6-5-7-16(12-15)19-11-4-2/h5-7,12,18H,3-4,8-11,13-14H2,1-2H3. The minimum Gasteiger partial charge on any atom is -0.494 e. The van der Waals surface area contributed by atoms with Gasteiger partial charge in [-0.25, -0.2) is 0 Å². The van der Waals surface area contributed by atoms with Crippen LogP contribution in [0.25, 0.3) is 0 Å². The van der Waals surface area contributed by atoms with E-state index in [-0.39, 0.29) is 0 Å². The Morgan fingerprint density at radius 2 is 2.05 bits per heavy atom. The molecule has 1 aliphatic rings. The monoisotopic (exact) mass is 261 g/mol. The largest absolute Gasteiger partial charge is 0.494 e. The van der Waals surface area contributed by atoms with Crippen molar-refractivity contribution < 1.29 is 4.74 Å². The Morgan fingerprint density at radius 1 is 1.21 bits per heavy atom. The fourth-order valence-electron chi connectivity index (χ4n) is 2.66. The molecule has 1 fully saturated rings. The van der Waals surface area contributed by atoms with Crippen LogP contribution in [-0.4, -0.2) is 13.2 Å². The second-order valence-electron chi connectivity index (χ2n) is 5.85. The second-order valence-corrected chi connectivity index (χ2v) is 5.85. The molecule has 0 unspecified atom stereocenters. The highest BCUT2D eigenvalue weighted by atomic mass is 16.5. The van der Waals surface area contributed by atoms with Gasteiger partial charge in [0.25, 0.3) is 0 Å². The smallest absolute Gasteiger partial charge is 0.119 e. The van der Waals surface area contributed by atoms with Crippen LogP contribution in [0, 0.1) is 5.41 Å². The molecule has 106 valence electrons. The molecule has 1 aliphatic carbocycles. The number of benzene rings is 1. The topological polar surface area (TPSA) is 21.3 Å². The minimum atomic E-state index is 0.630. The van der Waals surface area contributed by atoms with Gasteiger partial charge in [0, 0.05) is 13.1 Å². The van der Waals surface area contributed by atoms with Gasteiger partial charge in [-0.05, 0) is 48.8 Å². The van der Waals surface area contributed by atoms with Crippen molar-refractivity contribution in [3.8, 4) is 5.75 Å². The summed E-state index contributed by atoms with van der Waals surface area (Å²) in [6.45, 7) is 7.34. The summed E-state index contributed by atoms with van der Waals surface area (Å²) in [5, 5.41) is 3.62. The number of hydrogen-bond donors (Lipinski definition) is 1. The maximum atomic E-state index is 5.67. The van der Waals surface area contributed by atoms with Crippen molar-refractivity contribution in [1.82, 2.24) is 5.32 Å². The summed E-state index contributed by atoms with van der Waals surface area (Å²) in [5.41, 5.74) is 1.95. The average molecular weight is 261 g/mol. The van der Waals surface area contributed by atoms with E-state index >= 15 is 0 Å². The van der Waals surface area contributed by atoms with Crippen molar-refractivity contribution in [1.29, 1.82) is 0 Å². The summed E-state index contributed by atoms with van der Waals surface area (Å²) in [5.74, 6) is 0.996. The van der Waals surface area contributed by atoms with Crippen LogP contribution in [0.1, 0.15) is 51.5 Å². The van der Waals surface area contributed by atoms with E-state index in [0.717, 1.165) is 25.3 Å². The first-order valence-corrected chi connectivity index (χ1v) is 7.70. The molecule has 1 aromatic rings. The lowest BCUT2D eigenvalue weighted by atomic mass is 10.0. The summed E-state index contributed by atoms with van der Waals surface area (Å²) in [7, 11) is 0. The quantitative estimate of drug-likeness (QED) is 0.721. The summed E-state index contributed by atoms with van der Waals surface area (Å²) in [6, 6.07) is 8.45. The first-order valence-electron chi connectivity index (χ1n) is 7.70. The van der Waals surface area contributed by atoms with Crippen LogP contribution in [0.5, 0.6) is 5.75 Å². The molecule has 1 N–H and O–H groups in total. The van der Waals surface area contributed by atoms with E-state index in [1.807, 2.05) is 6.07 Å². The fourth-order valence-corrected chi connectivity index (χ4v) is 2.66.